The summed E-state index contributed by atoms with van der Waals surface area (Å²) in [5.74, 6) is -0.931. The number of rotatable bonds is 7. The molecule has 1 N–H and O–H groups in total. The minimum Gasteiger partial charge on any atom is -0.449 e. The minimum atomic E-state index is -1.02. The molecule has 158 valence electrons. The monoisotopic (exact) mass is 415 g/mol. The van der Waals surface area contributed by atoms with E-state index in [1.807, 2.05) is 50.2 Å². The van der Waals surface area contributed by atoms with Crippen LogP contribution < -0.4 is 5.32 Å². The zero-order valence-electron chi connectivity index (χ0n) is 17.8. The molecule has 0 saturated heterocycles. The summed E-state index contributed by atoms with van der Waals surface area (Å²) in [5.41, 5.74) is 4.59. The molecule has 1 atom stereocenters. The summed E-state index contributed by atoms with van der Waals surface area (Å²) < 4.78 is 5.66. The van der Waals surface area contributed by atoms with Gasteiger partial charge in [-0.15, -0.1) is 0 Å². The third-order valence-corrected chi connectivity index (χ3v) is 4.83. The van der Waals surface area contributed by atoms with Crippen molar-refractivity contribution in [1.82, 2.24) is 0 Å². The number of esters is 1. The second kappa shape index (κ2) is 9.85. The van der Waals surface area contributed by atoms with Gasteiger partial charge in [-0.05, 0) is 31.5 Å². The lowest BCUT2D eigenvalue weighted by molar-refractivity contribution is -0.146. The highest BCUT2D eigenvalue weighted by Gasteiger charge is 2.26. The van der Waals surface area contributed by atoms with E-state index in [2.05, 4.69) is 5.32 Å². The second-order valence-corrected chi connectivity index (χ2v) is 7.57. The van der Waals surface area contributed by atoms with Crippen LogP contribution in [0.25, 0.3) is 0 Å². The van der Waals surface area contributed by atoms with Gasteiger partial charge >= 0.3 is 5.97 Å². The maximum atomic E-state index is 13.2. The number of amides is 1. The fraction of sp³-hybridized carbons (Fsp3) is 0.192. The lowest BCUT2D eigenvalue weighted by atomic mass is 9.98. The molecule has 0 unspecified atom stereocenters. The largest absolute Gasteiger partial charge is 0.449 e. The first-order valence-corrected chi connectivity index (χ1v) is 10.1. The van der Waals surface area contributed by atoms with Crippen molar-refractivity contribution in [2.45, 2.75) is 33.3 Å². The van der Waals surface area contributed by atoms with Crippen LogP contribution in [0.15, 0.2) is 72.8 Å². The Morgan fingerprint density at radius 3 is 1.90 bits per heavy atom. The molecule has 0 saturated carbocycles. The van der Waals surface area contributed by atoms with Crippen LogP contribution >= 0.6 is 0 Å². The molecule has 0 heterocycles. The van der Waals surface area contributed by atoms with E-state index in [1.54, 1.807) is 36.4 Å². The molecule has 3 rings (SSSR count). The van der Waals surface area contributed by atoms with Crippen LogP contribution in [0.5, 0.6) is 0 Å². The summed E-state index contributed by atoms with van der Waals surface area (Å²) in [5, 5.41) is 2.68. The Labute approximate surface area is 182 Å². The Morgan fingerprint density at radius 1 is 0.806 bits per heavy atom. The zero-order valence-corrected chi connectivity index (χ0v) is 17.8. The number of aryl methyl sites for hydroxylation is 2. The molecular weight excluding hydrogens is 390 g/mol. The highest BCUT2D eigenvalue weighted by molar-refractivity contribution is 6.01. The Hall–Kier alpha value is -3.73. The Balaban J connectivity index is 1.78. The lowest BCUT2D eigenvalue weighted by Crippen LogP contribution is -2.21. The average Bonchev–Trinajstić information content (AvgIpc) is 2.74. The highest BCUT2D eigenvalue weighted by Crippen LogP contribution is 2.24. The molecule has 3 aromatic rings. The number of anilines is 1. The van der Waals surface area contributed by atoms with Crippen LogP contribution in [0, 0.1) is 13.8 Å². The SMILES string of the molecule is CC(=O)Nc1ccc(CC(=O)O[C@@H](C(=O)c2ccc(C)cc2)c2ccc(C)cc2)cc1. The molecule has 0 aliphatic carbocycles. The third kappa shape index (κ3) is 6.12. The number of ketones is 1. The molecular formula is C26H25NO4. The van der Waals surface area contributed by atoms with E-state index < -0.39 is 12.1 Å². The van der Waals surface area contributed by atoms with Crippen molar-refractivity contribution in [2.75, 3.05) is 5.32 Å². The predicted molar refractivity (Wildman–Crippen MR) is 120 cm³/mol. The van der Waals surface area contributed by atoms with Gasteiger partial charge in [0.05, 0.1) is 6.42 Å². The minimum absolute atomic E-state index is 0.0177. The van der Waals surface area contributed by atoms with Crippen LogP contribution in [0.2, 0.25) is 0 Å². The van der Waals surface area contributed by atoms with Gasteiger partial charge in [0, 0.05) is 23.7 Å². The van der Waals surface area contributed by atoms with Crippen molar-refractivity contribution in [3.8, 4) is 0 Å². The first-order valence-electron chi connectivity index (χ1n) is 10.1. The van der Waals surface area contributed by atoms with Crippen LogP contribution in [0.4, 0.5) is 5.69 Å². The van der Waals surface area contributed by atoms with E-state index in [9.17, 15) is 14.4 Å². The van der Waals surface area contributed by atoms with Crippen molar-refractivity contribution >= 4 is 23.3 Å². The lowest BCUT2D eigenvalue weighted by Gasteiger charge is -2.18. The zero-order chi connectivity index (χ0) is 22.4. The van der Waals surface area contributed by atoms with Crippen molar-refractivity contribution in [3.63, 3.8) is 0 Å². The van der Waals surface area contributed by atoms with Gasteiger partial charge in [0.25, 0.3) is 0 Å². The number of hydrogen-bond acceptors (Lipinski definition) is 4. The number of Topliss-reactive ketones (excluding diaryl/α,β-unsaturated/α-hetero) is 1. The van der Waals surface area contributed by atoms with Gasteiger partial charge in [-0.3, -0.25) is 14.4 Å². The normalized spacial score (nSPS) is 11.5. The van der Waals surface area contributed by atoms with Crippen LogP contribution in [0.3, 0.4) is 0 Å². The summed E-state index contributed by atoms with van der Waals surface area (Å²) in [6.45, 7) is 5.34. The van der Waals surface area contributed by atoms with Crippen molar-refractivity contribution in [2.24, 2.45) is 0 Å². The van der Waals surface area contributed by atoms with E-state index >= 15 is 0 Å². The molecule has 1 amide bonds. The standard InChI is InChI=1S/C26H25NO4/c1-17-4-10-21(11-5-17)25(30)26(22-12-6-18(2)7-13-22)31-24(29)16-20-8-14-23(15-9-20)27-19(3)28/h4-15,26H,16H2,1-3H3,(H,27,28)/t26-/m1/s1. The number of benzene rings is 3. The fourth-order valence-electron chi connectivity index (χ4n) is 3.13. The highest BCUT2D eigenvalue weighted by atomic mass is 16.5. The summed E-state index contributed by atoms with van der Waals surface area (Å²) in [6.07, 6.45) is -1.00. The summed E-state index contributed by atoms with van der Waals surface area (Å²) in [6, 6.07) is 21.5. The van der Waals surface area contributed by atoms with Gasteiger partial charge in [-0.25, -0.2) is 0 Å². The average molecular weight is 415 g/mol. The van der Waals surface area contributed by atoms with Crippen molar-refractivity contribution < 1.29 is 19.1 Å². The third-order valence-electron chi connectivity index (χ3n) is 4.83. The van der Waals surface area contributed by atoms with Crippen LogP contribution in [-0.4, -0.2) is 17.7 Å². The van der Waals surface area contributed by atoms with E-state index in [0.29, 0.717) is 16.8 Å². The van der Waals surface area contributed by atoms with E-state index in [1.165, 1.54) is 6.92 Å². The number of hydrogen-bond donors (Lipinski definition) is 1. The van der Waals surface area contributed by atoms with Crippen molar-refractivity contribution in [3.05, 3.63) is 101 Å². The number of ether oxygens (including phenoxy) is 1. The van der Waals surface area contributed by atoms with E-state index in [4.69, 9.17) is 4.74 Å². The van der Waals surface area contributed by atoms with Crippen molar-refractivity contribution in [1.29, 1.82) is 0 Å². The maximum Gasteiger partial charge on any atom is 0.311 e. The molecule has 0 radical (unpaired) electrons. The Morgan fingerprint density at radius 2 is 1.35 bits per heavy atom. The number of nitrogens with one attached hydrogen (secondary N) is 1. The quantitative estimate of drug-likeness (QED) is 0.437. The molecule has 5 nitrogen and oxygen atoms in total. The predicted octanol–water partition coefficient (Wildman–Crippen LogP) is 4.97. The van der Waals surface area contributed by atoms with Gasteiger partial charge in [-0.1, -0.05) is 71.8 Å². The first kappa shape index (κ1) is 22.0. The van der Waals surface area contributed by atoms with Gasteiger partial charge in [0.1, 0.15) is 0 Å². The van der Waals surface area contributed by atoms with Gasteiger partial charge in [0.2, 0.25) is 11.7 Å². The molecule has 0 fully saturated rings. The Kier molecular flexibility index (Phi) is 6.98. The molecule has 0 aliphatic heterocycles. The number of carbonyl (C=O) groups is 3. The molecule has 0 aromatic heterocycles. The summed E-state index contributed by atoms with van der Waals surface area (Å²) in [7, 11) is 0. The molecule has 3 aromatic carbocycles. The summed E-state index contributed by atoms with van der Waals surface area (Å²) >= 11 is 0. The molecule has 0 spiro atoms. The fourth-order valence-corrected chi connectivity index (χ4v) is 3.13. The van der Waals surface area contributed by atoms with Gasteiger partial charge in [0.15, 0.2) is 6.10 Å². The molecule has 0 bridgehead atoms. The van der Waals surface area contributed by atoms with Gasteiger partial charge in [-0.2, -0.15) is 0 Å². The van der Waals surface area contributed by atoms with Gasteiger partial charge < -0.3 is 10.1 Å². The molecule has 31 heavy (non-hydrogen) atoms. The smallest absolute Gasteiger partial charge is 0.311 e. The number of carbonyl (C=O) groups excluding carboxylic acids is 3. The molecule has 0 aliphatic rings. The Bertz CT molecular complexity index is 1070. The topological polar surface area (TPSA) is 72.5 Å². The maximum absolute atomic E-state index is 13.2. The second-order valence-electron chi connectivity index (χ2n) is 7.57. The first-order chi connectivity index (χ1) is 14.8. The molecule has 5 heteroatoms. The van der Waals surface area contributed by atoms with E-state index in [-0.39, 0.29) is 18.1 Å². The summed E-state index contributed by atoms with van der Waals surface area (Å²) in [4.78, 5) is 37.0. The van der Waals surface area contributed by atoms with Crippen LogP contribution in [0.1, 0.15) is 45.6 Å². The van der Waals surface area contributed by atoms with Crippen LogP contribution in [-0.2, 0) is 20.7 Å². The van der Waals surface area contributed by atoms with E-state index in [0.717, 1.165) is 16.7 Å².